The first-order valence-corrected chi connectivity index (χ1v) is 6.44. The Morgan fingerprint density at radius 3 is 2.46 bits per heavy atom. The van der Waals surface area contributed by atoms with Gasteiger partial charge in [0.25, 0.3) is 0 Å². The Hall–Kier alpha value is -1.21. The number of nitriles is 1. The van der Waals surface area contributed by atoms with Gasteiger partial charge in [-0.3, -0.25) is 0 Å². The van der Waals surface area contributed by atoms with E-state index in [2.05, 4.69) is 3.82 Å². The molecule has 0 amide bonds. The molecule has 0 saturated carbocycles. The van der Waals surface area contributed by atoms with E-state index in [0.29, 0.717) is 0 Å². The Labute approximate surface area is 77.7 Å². The van der Waals surface area contributed by atoms with Gasteiger partial charge in [-0.1, -0.05) is 0 Å². The second kappa shape index (κ2) is 4.15. The summed E-state index contributed by atoms with van der Waals surface area (Å²) in [6.07, 6.45) is 0. The zero-order chi connectivity index (χ0) is 9.73. The van der Waals surface area contributed by atoms with E-state index in [1.165, 1.54) is 0 Å². The van der Waals surface area contributed by atoms with Crippen molar-refractivity contribution in [2.24, 2.45) is 0 Å². The monoisotopic (exact) mass is 245 g/mol. The Kier molecular flexibility index (Phi) is 3.15. The molecule has 0 aromatic heterocycles. The predicted molar refractivity (Wildman–Crippen MR) is 44.0 cm³/mol. The normalized spacial score (nSPS) is 10.7. The molecule has 13 heavy (non-hydrogen) atoms. The second-order valence-corrected chi connectivity index (χ2v) is 5.08. The van der Waals surface area contributed by atoms with Crippen molar-refractivity contribution in [1.82, 2.24) is 0 Å². The molecule has 0 aliphatic carbocycles. The fourth-order valence-corrected chi connectivity index (χ4v) is 1.47. The van der Waals surface area contributed by atoms with Gasteiger partial charge in [-0.2, -0.15) is 0 Å². The second-order valence-electron chi connectivity index (χ2n) is 2.29. The molecule has 0 N–H and O–H groups in total. The molecule has 0 spiro atoms. The summed E-state index contributed by atoms with van der Waals surface area (Å²) in [5, 5.41) is 8.14. The fraction of sp³-hybridized carbons (Fsp3) is 0.125. The van der Waals surface area contributed by atoms with E-state index in [1.54, 1.807) is 24.3 Å². The van der Waals surface area contributed by atoms with E-state index >= 15 is 0 Å². The Balaban J connectivity index is 2.60. The molecule has 0 heterocycles. The molecule has 0 saturated heterocycles. The summed E-state index contributed by atoms with van der Waals surface area (Å²) < 4.78 is 25.8. The van der Waals surface area contributed by atoms with Gasteiger partial charge in [0.05, 0.1) is 0 Å². The zero-order valence-corrected chi connectivity index (χ0v) is 8.39. The maximum atomic E-state index is 10.7. The van der Waals surface area contributed by atoms with Crippen LogP contribution in [0.1, 0.15) is 5.56 Å². The van der Waals surface area contributed by atoms with Crippen LogP contribution in [0.4, 0.5) is 0 Å². The third-order valence-corrected chi connectivity index (χ3v) is 2.70. The van der Waals surface area contributed by atoms with Crippen molar-refractivity contribution in [3.8, 4) is 4.97 Å². The molecule has 0 unspecified atom stereocenters. The molecule has 0 radical (unpaired) electrons. The summed E-state index contributed by atoms with van der Waals surface area (Å²) in [5.41, 5.74) is 0.728. The number of nitrogens with zero attached hydrogens (tertiary/aromatic N) is 1. The van der Waals surface area contributed by atoms with Crippen LogP contribution in [0.25, 0.3) is 0 Å². The van der Waals surface area contributed by atoms with E-state index in [-0.39, 0.29) is 6.61 Å². The van der Waals surface area contributed by atoms with Gasteiger partial charge in [-0.25, -0.2) is 0 Å². The first kappa shape index (κ1) is 9.87. The van der Waals surface area contributed by atoms with Crippen LogP contribution in [0.5, 0.6) is 0 Å². The summed E-state index contributed by atoms with van der Waals surface area (Å²) in [5.74, 6) is 0. The standard InChI is InChI=1S/C8H7NO3Se/c9-7-13(10,11)12-6-8-4-2-1-3-5-8/h1-5H,6H2. The van der Waals surface area contributed by atoms with Crippen molar-refractivity contribution in [2.45, 2.75) is 6.61 Å². The molecule has 0 atom stereocenters. The summed E-state index contributed by atoms with van der Waals surface area (Å²) in [7, 11) is 0. The van der Waals surface area contributed by atoms with E-state index in [4.69, 9.17) is 5.26 Å². The quantitative estimate of drug-likeness (QED) is 0.745. The van der Waals surface area contributed by atoms with Gasteiger partial charge in [0.15, 0.2) is 0 Å². The fourth-order valence-electron chi connectivity index (χ4n) is 0.746. The van der Waals surface area contributed by atoms with Gasteiger partial charge in [0.2, 0.25) is 0 Å². The number of rotatable bonds is 3. The molecular weight excluding hydrogens is 237 g/mol. The van der Waals surface area contributed by atoms with Crippen LogP contribution in [0.2, 0.25) is 0 Å². The minimum absolute atomic E-state index is 0.0681. The van der Waals surface area contributed by atoms with E-state index < -0.39 is 13.0 Å². The van der Waals surface area contributed by atoms with E-state index in [9.17, 15) is 7.67 Å². The van der Waals surface area contributed by atoms with Crippen molar-refractivity contribution in [1.29, 1.82) is 5.26 Å². The average molecular weight is 244 g/mol. The van der Waals surface area contributed by atoms with Crippen molar-refractivity contribution in [3.05, 3.63) is 35.9 Å². The minimum atomic E-state index is -4.72. The summed E-state index contributed by atoms with van der Waals surface area (Å²) in [4.78, 5) is 1.13. The first-order valence-electron chi connectivity index (χ1n) is 3.48. The van der Waals surface area contributed by atoms with E-state index in [1.807, 2.05) is 6.07 Å². The Morgan fingerprint density at radius 1 is 1.31 bits per heavy atom. The molecule has 1 aromatic rings. The van der Waals surface area contributed by atoms with Crippen molar-refractivity contribution >= 4 is 13.0 Å². The molecule has 0 bridgehead atoms. The molecule has 1 rings (SSSR count). The van der Waals surface area contributed by atoms with Gasteiger partial charge < -0.3 is 0 Å². The SMILES string of the molecule is N#C[Se](=O)(=O)OCc1ccccc1. The number of benzene rings is 1. The number of hydrogen-bond donors (Lipinski definition) is 0. The molecule has 68 valence electrons. The zero-order valence-electron chi connectivity index (χ0n) is 6.67. The van der Waals surface area contributed by atoms with Gasteiger partial charge in [-0.05, 0) is 0 Å². The average Bonchev–Trinajstić information content (AvgIpc) is 2.17. The third kappa shape index (κ3) is 3.34. The van der Waals surface area contributed by atoms with Crippen LogP contribution in [0.3, 0.4) is 0 Å². The van der Waals surface area contributed by atoms with Crippen molar-refractivity contribution in [3.63, 3.8) is 0 Å². The molecule has 1 aromatic carbocycles. The Bertz CT molecular complexity index is 405. The van der Waals surface area contributed by atoms with Crippen molar-refractivity contribution in [2.75, 3.05) is 0 Å². The Morgan fingerprint density at radius 2 is 1.92 bits per heavy atom. The number of hydrogen-bond acceptors (Lipinski definition) is 4. The summed E-state index contributed by atoms with van der Waals surface area (Å²) in [6, 6.07) is 8.81. The van der Waals surface area contributed by atoms with Crippen LogP contribution in [0.15, 0.2) is 30.3 Å². The van der Waals surface area contributed by atoms with Gasteiger partial charge in [0.1, 0.15) is 0 Å². The molecule has 5 heteroatoms. The van der Waals surface area contributed by atoms with Gasteiger partial charge in [0, 0.05) is 0 Å². The van der Waals surface area contributed by atoms with Crippen LogP contribution in [-0.2, 0) is 18.1 Å². The molecule has 4 nitrogen and oxygen atoms in total. The van der Waals surface area contributed by atoms with Crippen LogP contribution >= 0.6 is 0 Å². The predicted octanol–water partition coefficient (Wildman–Crippen LogP) is 1.07. The molecule has 0 aliphatic rings. The molecule has 0 fully saturated rings. The summed E-state index contributed by atoms with van der Waals surface area (Å²) in [6.45, 7) is -0.0681. The first-order chi connectivity index (χ1) is 6.14. The molecular formula is C8H7NO3Se. The topological polar surface area (TPSA) is 67.2 Å². The molecule has 0 aliphatic heterocycles. The maximum absolute atomic E-state index is 10.7. The van der Waals surface area contributed by atoms with Crippen molar-refractivity contribution < 1.29 is 11.5 Å². The van der Waals surface area contributed by atoms with E-state index in [0.717, 1.165) is 10.5 Å². The van der Waals surface area contributed by atoms with Crippen LogP contribution < -0.4 is 0 Å². The van der Waals surface area contributed by atoms with Gasteiger partial charge in [-0.15, -0.1) is 0 Å². The summed E-state index contributed by atoms with van der Waals surface area (Å²) >= 11 is -4.72. The van der Waals surface area contributed by atoms with Crippen LogP contribution in [0, 0.1) is 10.2 Å². The van der Waals surface area contributed by atoms with Crippen LogP contribution in [-0.4, -0.2) is 13.0 Å². The van der Waals surface area contributed by atoms with Gasteiger partial charge >= 0.3 is 77.3 Å². The third-order valence-electron chi connectivity index (χ3n) is 1.34.